The number of unbranched alkanes of at least 4 members (excludes halogenated alkanes) is 1. The summed E-state index contributed by atoms with van der Waals surface area (Å²) < 4.78 is 4.98. The zero-order valence-corrected chi connectivity index (χ0v) is 10.1. The van der Waals surface area contributed by atoms with Crippen LogP contribution >= 0.6 is 0 Å². The van der Waals surface area contributed by atoms with Gasteiger partial charge in [0.2, 0.25) is 0 Å². The lowest BCUT2D eigenvalue weighted by Crippen LogP contribution is -2.06. The summed E-state index contributed by atoms with van der Waals surface area (Å²) in [7, 11) is 0. The Kier molecular flexibility index (Phi) is 5.27. The maximum Gasteiger partial charge on any atom is 0.333 e. The summed E-state index contributed by atoms with van der Waals surface area (Å²) in [5.41, 5.74) is 1.61. The van der Waals surface area contributed by atoms with Crippen LogP contribution in [0.25, 0.3) is 0 Å². The van der Waals surface area contributed by atoms with Crippen molar-refractivity contribution in [2.75, 3.05) is 6.61 Å². The average Bonchev–Trinajstić information content (AvgIpc) is 2.30. The summed E-state index contributed by atoms with van der Waals surface area (Å²) >= 11 is 0. The van der Waals surface area contributed by atoms with Gasteiger partial charge in [-0.25, -0.2) is 4.79 Å². The van der Waals surface area contributed by atoms with Gasteiger partial charge in [0, 0.05) is 5.57 Å². The predicted molar refractivity (Wildman–Crippen MR) is 66.8 cm³/mol. The van der Waals surface area contributed by atoms with Gasteiger partial charge in [-0.15, -0.1) is 0 Å². The molecule has 0 radical (unpaired) electrons. The number of benzene rings is 1. The van der Waals surface area contributed by atoms with Crippen molar-refractivity contribution < 1.29 is 14.6 Å². The van der Waals surface area contributed by atoms with Crippen molar-refractivity contribution in [3.05, 3.63) is 42.0 Å². The predicted octanol–water partition coefficient (Wildman–Crippen LogP) is 2.83. The van der Waals surface area contributed by atoms with Crippen molar-refractivity contribution in [1.82, 2.24) is 0 Å². The number of ether oxygens (including phenoxy) is 1. The number of phenols is 1. The highest BCUT2D eigenvalue weighted by Gasteiger charge is 2.02. The van der Waals surface area contributed by atoms with Crippen LogP contribution in [0.4, 0.5) is 0 Å². The van der Waals surface area contributed by atoms with Gasteiger partial charge in [-0.05, 0) is 43.9 Å². The van der Waals surface area contributed by atoms with Gasteiger partial charge in [-0.2, -0.15) is 0 Å². The average molecular weight is 234 g/mol. The molecule has 0 atom stereocenters. The molecule has 0 heterocycles. The third-order valence-electron chi connectivity index (χ3n) is 2.38. The number of aryl methyl sites for hydroxylation is 1. The first-order valence-electron chi connectivity index (χ1n) is 5.70. The summed E-state index contributed by atoms with van der Waals surface area (Å²) in [6.45, 7) is 5.58. The molecule has 17 heavy (non-hydrogen) atoms. The monoisotopic (exact) mass is 234 g/mol. The van der Waals surface area contributed by atoms with Gasteiger partial charge in [0.1, 0.15) is 5.75 Å². The molecule has 0 aliphatic heterocycles. The number of hydrogen-bond acceptors (Lipinski definition) is 3. The molecule has 92 valence electrons. The number of phenolic OH excluding ortho intramolecular Hbond substituents is 1. The van der Waals surface area contributed by atoms with Crippen LogP contribution in [0.15, 0.2) is 36.4 Å². The SMILES string of the molecule is C=C(C)C(=O)OCCCCc1ccc(O)cc1. The number of aromatic hydroxyl groups is 1. The number of esters is 1. The molecular formula is C14H18O3. The van der Waals surface area contributed by atoms with Gasteiger partial charge in [-0.1, -0.05) is 18.7 Å². The highest BCUT2D eigenvalue weighted by molar-refractivity contribution is 5.86. The molecule has 0 amide bonds. The highest BCUT2D eigenvalue weighted by atomic mass is 16.5. The van der Waals surface area contributed by atoms with Crippen molar-refractivity contribution in [3.63, 3.8) is 0 Å². The molecule has 1 aromatic carbocycles. The number of carbonyl (C=O) groups is 1. The topological polar surface area (TPSA) is 46.5 Å². The molecule has 1 aromatic rings. The summed E-state index contributed by atoms with van der Waals surface area (Å²) in [5.74, 6) is -0.0428. The van der Waals surface area contributed by atoms with Crippen molar-refractivity contribution in [2.24, 2.45) is 0 Å². The molecule has 0 aromatic heterocycles. The van der Waals surface area contributed by atoms with Gasteiger partial charge in [0.15, 0.2) is 0 Å². The van der Waals surface area contributed by atoms with Gasteiger partial charge >= 0.3 is 5.97 Å². The standard InChI is InChI=1S/C14H18O3/c1-11(2)14(16)17-10-4-3-5-12-6-8-13(15)9-7-12/h6-9,15H,1,3-5,10H2,2H3. The second-order valence-corrected chi connectivity index (χ2v) is 4.04. The van der Waals surface area contributed by atoms with Gasteiger partial charge in [0.25, 0.3) is 0 Å². The summed E-state index contributed by atoms with van der Waals surface area (Å²) in [5, 5.41) is 9.11. The van der Waals surface area contributed by atoms with Gasteiger partial charge in [0.05, 0.1) is 6.61 Å². The van der Waals surface area contributed by atoms with E-state index in [2.05, 4.69) is 6.58 Å². The Morgan fingerprint density at radius 1 is 1.29 bits per heavy atom. The fourth-order valence-electron chi connectivity index (χ4n) is 1.38. The van der Waals surface area contributed by atoms with E-state index in [-0.39, 0.29) is 11.7 Å². The number of rotatable bonds is 6. The highest BCUT2D eigenvalue weighted by Crippen LogP contribution is 2.11. The molecular weight excluding hydrogens is 216 g/mol. The molecule has 0 spiro atoms. The van der Waals surface area contributed by atoms with Crippen LogP contribution in [-0.2, 0) is 16.0 Å². The van der Waals surface area contributed by atoms with Crippen molar-refractivity contribution in [1.29, 1.82) is 0 Å². The Balaban J connectivity index is 2.14. The maximum atomic E-state index is 11.1. The van der Waals surface area contributed by atoms with Crippen LogP contribution in [0.5, 0.6) is 5.75 Å². The van der Waals surface area contributed by atoms with E-state index in [1.807, 2.05) is 12.1 Å². The third-order valence-corrected chi connectivity index (χ3v) is 2.38. The molecule has 1 N–H and O–H groups in total. The van der Waals surface area contributed by atoms with Crippen LogP contribution in [-0.4, -0.2) is 17.7 Å². The maximum absolute atomic E-state index is 11.1. The van der Waals surface area contributed by atoms with Crippen LogP contribution < -0.4 is 0 Å². The van der Waals surface area contributed by atoms with E-state index in [9.17, 15) is 4.79 Å². The minimum absolute atomic E-state index is 0.282. The molecule has 3 heteroatoms. The van der Waals surface area contributed by atoms with Crippen LogP contribution in [0.1, 0.15) is 25.3 Å². The van der Waals surface area contributed by atoms with Gasteiger partial charge < -0.3 is 9.84 Å². The Hall–Kier alpha value is -1.77. The van der Waals surface area contributed by atoms with Crippen molar-refractivity contribution >= 4 is 5.97 Å². The summed E-state index contributed by atoms with van der Waals surface area (Å²) in [6.07, 6.45) is 2.71. The first-order chi connectivity index (χ1) is 8.09. The van der Waals surface area contributed by atoms with E-state index < -0.39 is 0 Å². The van der Waals surface area contributed by atoms with E-state index >= 15 is 0 Å². The zero-order valence-electron chi connectivity index (χ0n) is 10.1. The molecule has 3 nitrogen and oxygen atoms in total. The second-order valence-electron chi connectivity index (χ2n) is 4.04. The van der Waals surface area contributed by atoms with Crippen molar-refractivity contribution in [2.45, 2.75) is 26.2 Å². The largest absolute Gasteiger partial charge is 0.508 e. The summed E-state index contributed by atoms with van der Waals surface area (Å²) in [6, 6.07) is 7.15. The van der Waals surface area contributed by atoms with E-state index in [0.717, 1.165) is 19.3 Å². The third kappa shape index (κ3) is 5.20. The quantitative estimate of drug-likeness (QED) is 0.467. The van der Waals surface area contributed by atoms with E-state index in [1.165, 1.54) is 5.56 Å². The fraction of sp³-hybridized carbons (Fsp3) is 0.357. The summed E-state index contributed by atoms with van der Waals surface area (Å²) in [4.78, 5) is 11.1. The first-order valence-corrected chi connectivity index (χ1v) is 5.70. The van der Waals surface area contributed by atoms with Crippen LogP contribution in [0.2, 0.25) is 0 Å². The lowest BCUT2D eigenvalue weighted by molar-refractivity contribution is -0.139. The van der Waals surface area contributed by atoms with Crippen LogP contribution in [0.3, 0.4) is 0 Å². The number of hydrogen-bond donors (Lipinski definition) is 1. The second kappa shape index (κ2) is 6.74. The van der Waals surface area contributed by atoms with Crippen molar-refractivity contribution in [3.8, 4) is 5.75 Å². The number of carbonyl (C=O) groups excluding carboxylic acids is 1. The molecule has 0 saturated carbocycles. The molecule has 0 aliphatic carbocycles. The first kappa shape index (κ1) is 13.3. The molecule has 1 rings (SSSR count). The molecule has 0 saturated heterocycles. The van der Waals surface area contributed by atoms with Gasteiger partial charge in [-0.3, -0.25) is 0 Å². The lowest BCUT2D eigenvalue weighted by Gasteiger charge is -2.04. The fourth-order valence-corrected chi connectivity index (χ4v) is 1.38. The van der Waals surface area contributed by atoms with E-state index in [4.69, 9.17) is 9.84 Å². The molecule has 0 fully saturated rings. The Morgan fingerprint density at radius 3 is 2.53 bits per heavy atom. The van der Waals surface area contributed by atoms with E-state index in [1.54, 1.807) is 19.1 Å². The van der Waals surface area contributed by atoms with Crippen LogP contribution in [0, 0.1) is 0 Å². The zero-order chi connectivity index (χ0) is 12.7. The Bertz CT molecular complexity index is 379. The Morgan fingerprint density at radius 2 is 1.94 bits per heavy atom. The minimum Gasteiger partial charge on any atom is -0.508 e. The lowest BCUT2D eigenvalue weighted by atomic mass is 10.1. The molecule has 0 bridgehead atoms. The molecule has 0 unspecified atom stereocenters. The van der Waals surface area contributed by atoms with E-state index in [0.29, 0.717) is 12.2 Å². The minimum atomic E-state index is -0.324. The Labute approximate surface area is 102 Å². The smallest absolute Gasteiger partial charge is 0.333 e. The normalized spacial score (nSPS) is 9.94. The molecule has 0 aliphatic rings.